The number of benzene rings is 4. The standard InChI is InChI=1S/C28H21N/c1-4-11-21(12-5-1)25-18-10-17-24-19-26(22-13-6-2-7-14-22)28(29-20-27(24)25)23-15-8-3-9-16-23/h1-19H,20H2. The van der Waals surface area contributed by atoms with Crippen LogP contribution in [0.15, 0.2) is 114 Å². The van der Waals surface area contributed by atoms with Crippen LogP contribution in [-0.2, 0) is 6.54 Å². The fraction of sp³-hybridized carbons (Fsp3) is 0.0357. The Balaban J connectivity index is 1.73. The highest BCUT2D eigenvalue weighted by Gasteiger charge is 2.18. The molecule has 0 saturated heterocycles. The number of allylic oxidation sites excluding steroid dienone is 1. The molecule has 0 fully saturated rings. The lowest BCUT2D eigenvalue weighted by Crippen LogP contribution is -2.04. The minimum atomic E-state index is 0.664. The first-order valence-electron chi connectivity index (χ1n) is 9.95. The molecular weight excluding hydrogens is 350 g/mol. The van der Waals surface area contributed by atoms with Crippen molar-refractivity contribution in [3.05, 3.63) is 131 Å². The second kappa shape index (κ2) is 7.73. The van der Waals surface area contributed by atoms with E-state index in [-0.39, 0.29) is 0 Å². The highest BCUT2D eigenvalue weighted by molar-refractivity contribution is 6.35. The summed E-state index contributed by atoms with van der Waals surface area (Å²) in [5.41, 5.74) is 9.55. The van der Waals surface area contributed by atoms with Crippen LogP contribution in [-0.4, -0.2) is 5.71 Å². The van der Waals surface area contributed by atoms with Crippen molar-refractivity contribution in [1.82, 2.24) is 0 Å². The smallest absolute Gasteiger partial charge is 0.0729 e. The van der Waals surface area contributed by atoms with Gasteiger partial charge in [0, 0.05) is 11.1 Å². The van der Waals surface area contributed by atoms with Gasteiger partial charge in [-0.1, -0.05) is 109 Å². The van der Waals surface area contributed by atoms with Crippen molar-refractivity contribution in [1.29, 1.82) is 0 Å². The summed E-state index contributed by atoms with van der Waals surface area (Å²) >= 11 is 0. The highest BCUT2D eigenvalue weighted by Crippen LogP contribution is 2.33. The number of fused-ring (bicyclic) bond motifs is 1. The maximum atomic E-state index is 5.13. The Labute approximate surface area is 171 Å². The van der Waals surface area contributed by atoms with E-state index in [9.17, 15) is 0 Å². The maximum Gasteiger partial charge on any atom is 0.0729 e. The van der Waals surface area contributed by atoms with E-state index in [0.29, 0.717) is 6.54 Å². The van der Waals surface area contributed by atoms with Crippen molar-refractivity contribution < 1.29 is 0 Å². The van der Waals surface area contributed by atoms with Crippen molar-refractivity contribution in [2.45, 2.75) is 6.54 Å². The van der Waals surface area contributed by atoms with Crippen LogP contribution in [0.3, 0.4) is 0 Å². The van der Waals surface area contributed by atoms with Crippen LogP contribution in [0.2, 0.25) is 0 Å². The third-order valence-electron chi connectivity index (χ3n) is 5.38. The quantitative estimate of drug-likeness (QED) is 0.371. The summed E-state index contributed by atoms with van der Waals surface area (Å²) in [7, 11) is 0. The van der Waals surface area contributed by atoms with E-state index in [1.165, 1.54) is 33.4 Å². The lowest BCUT2D eigenvalue weighted by atomic mass is 9.92. The predicted octanol–water partition coefficient (Wildman–Crippen LogP) is 6.90. The molecule has 0 N–H and O–H groups in total. The van der Waals surface area contributed by atoms with Gasteiger partial charge in [-0.25, -0.2) is 0 Å². The van der Waals surface area contributed by atoms with Crippen LogP contribution >= 0.6 is 0 Å². The number of aliphatic imine (C=N–C) groups is 1. The second-order valence-corrected chi connectivity index (χ2v) is 7.19. The predicted molar refractivity (Wildman–Crippen MR) is 123 cm³/mol. The highest BCUT2D eigenvalue weighted by atomic mass is 14.7. The summed E-state index contributed by atoms with van der Waals surface area (Å²) in [6, 6.07) is 38.2. The molecule has 0 unspecified atom stereocenters. The zero-order valence-electron chi connectivity index (χ0n) is 16.1. The Morgan fingerprint density at radius 2 is 1.10 bits per heavy atom. The van der Waals surface area contributed by atoms with E-state index in [0.717, 1.165) is 11.3 Å². The molecule has 29 heavy (non-hydrogen) atoms. The van der Waals surface area contributed by atoms with E-state index < -0.39 is 0 Å². The van der Waals surface area contributed by atoms with Gasteiger partial charge in [0.05, 0.1) is 12.3 Å². The molecule has 0 saturated carbocycles. The number of rotatable bonds is 3. The summed E-state index contributed by atoms with van der Waals surface area (Å²) in [5.74, 6) is 0. The third-order valence-corrected chi connectivity index (χ3v) is 5.38. The van der Waals surface area contributed by atoms with Crippen molar-refractivity contribution >= 4 is 17.4 Å². The van der Waals surface area contributed by atoms with Gasteiger partial charge in [-0.2, -0.15) is 0 Å². The van der Waals surface area contributed by atoms with Gasteiger partial charge in [-0.15, -0.1) is 0 Å². The van der Waals surface area contributed by atoms with E-state index in [2.05, 4.69) is 115 Å². The van der Waals surface area contributed by atoms with Gasteiger partial charge in [-0.3, -0.25) is 4.99 Å². The minimum Gasteiger partial charge on any atom is -0.279 e. The van der Waals surface area contributed by atoms with Crippen LogP contribution in [0.1, 0.15) is 22.3 Å². The van der Waals surface area contributed by atoms with Crippen molar-refractivity contribution in [2.75, 3.05) is 0 Å². The molecule has 138 valence electrons. The van der Waals surface area contributed by atoms with E-state index in [1.54, 1.807) is 0 Å². The molecule has 1 heteroatoms. The van der Waals surface area contributed by atoms with E-state index in [4.69, 9.17) is 4.99 Å². The zero-order chi connectivity index (χ0) is 19.5. The molecule has 0 spiro atoms. The topological polar surface area (TPSA) is 12.4 Å². The average molecular weight is 371 g/mol. The molecule has 0 aliphatic carbocycles. The third kappa shape index (κ3) is 3.43. The lowest BCUT2D eigenvalue weighted by molar-refractivity contribution is 1.07. The maximum absolute atomic E-state index is 5.13. The zero-order valence-corrected chi connectivity index (χ0v) is 16.1. The van der Waals surface area contributed by atoms with Gasteiger partial charge >= 0.3 is 0 Å². The SMILES string of the molecule is C1=C(c2ccccc2)C(c2ccccc2)=NCc2c1cccc2-c1ccccc1. The van der Waals surface area contributed by atoms with Gasteiger partial charge < -0.3 is 0 Å². The summed E-state index contributed by atoms with van der Waals surface area (Å²) in [5, 5.41) is 0. The average Bonchev–Trinajstić information content (AvgIpc) is 3.01. The van der Waals surface area contributed by atoms with Gasteiger partial charge in [-0.05, 0) is 33.9 Å². The molecule has 4 aromatic rings. The van der Waals surface area contributed by atoms with Gasteiger partial charge in [0.2, 0.25) is 0 Å². The molecule has 0 amide bonds. The van der Waals surface area contributed by atoms with Crippen LogP contribution in [0.4, 0.5) is 0 Å². The van der Waals surface area contributed by atoms with Crippen LogP contribution in [0.5, 0.6) is 0 Å². The number of nitrogens with zero attached hydrogens (tertiary/aromatic N) is 1. The van der Waals surface area contributed by atoms with Gasteiger partial charge in [0.1, 0.15) is 0 Å². The van der Waals surface area contributed by atoms with Crippen molar-refractivity contribution in [2.24, 2.45) is 4.99 Å². The van der Waals surface area contributed by atoms with Crippen LogP contribution in [0.25, 0.3) is 22.8 Å². The summed E-state index contributed by atoms with van der Waals surface area (Å²) in [6.45, 7) is 0.664. The Morgan fingerprint density at radius 1 is 0.517 bits per heavy atom. The Morgan fingerprint density at radius 3 is 1.76 bits per heavy atom. The molecule has 0 atom stereocenters. The molecule has 0 radical (unpaired) electrons. The molecule has 4 aromatic carbocycles. The molecule has 5 rings (SSSR count). The number of hydrogen-bond acceptors (Lipinski definition) is 1. The monoisotopic (exact) mass is 371 g/mol. The first-order valence-corrected chi connectivity index (χ1v) is 9.95. The fourth-order valence-electron chi connectivity index (χ4n) is 3.95. The Kier molecular flexibility index (Phi) is 4.63. The van der Waals surface area contributed by atoms with Crippen LogP contribution in [0, 0.1) is 0 Å². The largest absolute Gasteiger partial charge is 0.279 e. The summed E-state index contributed by atoms with van der Waals surface area (Å²) in [4.78, 5) is 5.13. The molecule has 1 aliphatic heterocycles. The van der Waals surface area contributed by atoms with Crippen molar-refractivity contribution in [3.63, 3.8) is 0 Å². The van der Waals surface area contributed by atoms with Crippen LogP contribution < -0.4 is 0 Å². The van der Waals surface area contributed by atoms with Gasteiger partial charge in [0.15, 0.2) is 0 Å². The summed E-state index contributed by atoms with van der Waals surface area (Å²) < 4.78 is 0. The fourth-order valence-corrected chi connectivity index (χ4v) is 3.95. The molecule has 0 bridgehead atoms. The Bertz CT molecular complexity index is 1190. The second-order valence-electron chi connectivity index (χ2n) is 7.19. The molecule has 1 heterocycles. The summed E-state index contributed by atoms with van der Waals surface area (Å²) in [6.07, 6.45) is 2.30. The van der Waals surface area contributed by atoms with E-state index >= 15 is 0 Å². The molecule has 1 aliphatic rings. The Hall–Kier alpha value is -3.71. The van der Waals surface area contributed by atoms with E-state index in [1.807, 2.05) is 0 Å². The first kappa shape index (κ1) is 17.4. The molecule has 1 nitrogen and oxygen atoms in total. The minimum absolute atomic E-state index is 0.664. The normalized spacial score (nSPS) is 13.1. The molecule has 0 aromatic heterocycles. The lowest BCUT2D eigenvalue weighted by Gasteiger charge is -2.11. The number of hydrogen-bond donors (Lipinski definition) is 0. The van der Waals surface area contributed by atoms with Crippen molar-refractivity contribution in [3.8, 4) is 11.1 Å². The van der Waals surface area contributed by atoms with Gasteiger partial charge in [0.25, 0.3) is 0 Å². The molecular formula is C28H21N. The first-order chi connectivity index (χ1) is 14.4.